The largest absolute Gasteiger partial charge is 0.462 e. The van der Waals surface area contributed by atoms with Crippen molar-refractivity contribution < 1.29 is 28.3 Å². The summed E-state index contributed by atoms with van der Waals surface area (Å²) in [6.45, 7) is 6.79. The molecule has 0 unspecified atom stereocenters. The first-order valence-electron chi connectivity index (χ1n) is 9.76. The standard InChI is InChI=1S/C22H24N2O6/c1-5-28-22(27)19-12(2)20(23-13(19)3)21(26)14(4)29-18(25)11-10-17-24-15-8-6-7-9-16(15)30-17/h6-9,14,23H,5,10-11H2,1-4H3/t14-/m0/s1. The topological polar surface area (TPSA) is 111 Å². The summed E-state index contributed by atoms with van der Waals surface area (Å²) in [5.74, 6) is -1.01. The van der Waals surface area contributed by atoms with Crippen molar-refractivity contribution in [1.29, 1.82) is 0 Å². The van der Waals surface area contributed by atoms with E-state index in [9.17, 15) is 14.4 Å². The summed E-state index contributed by atoms with van der Waals surface area (Å²) >= 11 is 0. The molecule has 2 aromatic heterocycles. The molecule has 2 heterocycles. The molecule has 8 nitrogen and oxygen atoms in total. The van der Waals surface area contributed by atoms with Crippen LogP contribution in [0, 0.1) is 13.8 Å². The number of H-pyrrole nitrogens is 1. The maximum atomic E-state index is 12.7. The van der Waals surface area contributed by atoms with Crippen molar-refractivity contribution in [2.75, 3.05) is 6.61 Å². The second kappa shape index (κ2) is 8.94. The molecule has 3 aromatic rings. The molecule has 0 amide bonds. The average molecular weight is 412 g/mol. The fourth-order valence-electron chi connectivity index (χ4n) is 3.25. The van der Waals surface area contributed by atoms with Gasteiger partial charge in [-0.1, -0.05) is 12.1 Å². The van der Waals surface area contributed by atoms with E-state index in [-0.39, 0.29) is 25.1 Å². The maximum Gasteiger partial charge on any atom is 0.340 e. The molecule has 0 saturated heterocycles. The SMILES string of the molecule is CCOC(=O)c1c(C)[nH]c(C(=O)[C@H](C)OC(=O)CCc2nc3ccccc3o2)c1C. The minimum atomic E-state index is -1.01. The van der Waals surface area contributed by atoms with Crippen molar-refractivity contribution in [3.63, 3.8) is 0 Å². The Hall–Kier alpha value is -3.42. The third kappa shape index (κ3) is 4.42. The number of carbonyl (C=O) groups excluding carboxylic acids is 3. The summed E-state index contributed by atoms with van der Waals surface area (Å²) in [5.41, 5.74) is 2.94. The zero-order valence-electron chi connectivity index (χ0n) is 17.4. The number of aromatic nitrogens is 2. The third-order valence-electron chi connectivity index (χ3n) is 4.72. The number of aromatic amines is 1. The van der Waals surface area contributed by atoms with E-state index < -0.39 is 23.8 Å². The Morgan fingerprint density at radius 3 is 2.63 bits per heavy atom. The highest BCUT2D eigenvalue weighted by atomic mass is 16.5. The number of para-hydroxylation sites is 2. The van der Waals surface area contributed by atoms with E-state index >= 15 is 0 Å². The lowest BCUT2D eigenvalue weighted by molar-refractivity contribution is -0.146. The van der Waals surface area contributed by atoms with Crippen LogP contribution in [0.1, 0.15) is 58.3 Å². The molecule has 0 aliphatic carbocycles. The number of Topliss-reactive ketones (excluding diaryl/α,β-unsaturated/α-hetero) is 1. The first-order valence-corrected chi connectivity index (χ1v) is 9.76. The number of oxazole rings is 1. The van der Waals surface area contributed by atoms with E-state index in [0.717, 1.165) is 5.52 Å². The smallest absolute Gasteiger partial charge is 0.340 e. The molecule has 30 heavy (non-hydrogen) atoms. The predicted octanol–water partition coefficient (Wildman–Crippen LogP) is 3.70. The number of aryl methyl sites for hydroxylation is 2. The van der Waals surface area contributed by atoms with Gasteiger partial charge in [0.1, 0.15) is 5.52 Å². The number of carbonyl (C=O) groups is 3. The highest BCUT2D eigenvalue weighted by molar-refractivity contribution is 6.04. The number of ketones is 1. The van der Waals surface area contributed by atoms with Crippen LogP contribution in [-0.4, -0.2) is 40.4 Å². The molecule has 3 rings (SSSR count). The van der Waals surface area contributed by atoms with E-state index in [1.807, 2.05) is 18.2 Å². The van der Waals surface area contributed by atoms with Crippen molar-refractivity contribution in [1.82, 2.24) is 9.97 Å². The Morgan fingerprint density at radius 2 is 1.93 bits per heavy atom. The van der Waals surface area contributed by atoms with Gasteiger partial charge in [-0.15, -0.1) is 0 Å². The highest BCUT2D eigenvalue weighted by Gasteiger charge is 2.27. The Kier molecular flexibility index (Phi) is 6.34. The number of nitrogens with one attached hydrogen (secondary N) is 1. The van der Waals surface area contributed by atoms with Gasteiger partial charge in [-0.05, 0) is 45.4 Å². The molecular weight excluding hydrogens is 388 g/mol. The number of ether oxygens (including phenoxy) is 2. The van der Waals surface area contributed by atoms with Crippen LogP contribution in [0.5, 0.6) is 0 Å². The van der Waals surface area contributed by atoms with Crippen LogP contribution in [0.3, 0.4) is 0 Å². The van der Waals surface area contributed by atoms with Crippen LogP contribution in [0.2, 0.25) is 0 Å². The summed E-state index contributed by atoms with van der Waals surface area (Å²) in [7, 11) is 0. The van der Waals surface area contributed by atoms with Crippen LogP contribution in [0.4, 0.5) is 0 Å². The molecule has 1 atom stereocenters. The van der Waals surface area contributed by atoms with Gasteiger partial charge in [-0.25, -0.2) is 9.78 Å². The summed E-state index contributed by atoms with van der Waals surface area (Å²) in [5, 5.41) is 0. The van der Waals surface area contributed by atoms with Gasteiger partial charge in [-0.2, -0.15) is 0 Å². The van der Waals surface area contributed by atoms with Crippen molar-refractivity contribution in [2.45, 2.75) is 46.6 Å². The molecule has 158 valence electrons. The lowest BCUT2D eigenvalue weighted by Crippen LogP contribution is -2.25. The number of hydrogen-bond donors (Lipinski definition) is 1. The Bertz CT molecular complexity index is 1060. The monoisotopic (exact) mass is 412 g/mol. The molecule has 8 heteroatoms. The van der Waals surface area contributed by atoms with Crippen LogP contribution in [-0.2, 0) is 20.7 Å². The zero-order chi connectivity index (χ0) is 21.8. The van der Waals surface area contributed by atoms with Gasteiger partial charge < -0.3 is 18.9 Å². The Balaban J connectivity index is 1.61. The summed E-state index contributed by atoms with van der Waals surface area (Å²) in [6, 6.07) is 7.33. The number of benzene rings is 1. The van der Waals surface area contributed by atoms with E-state index in [2.05, 4.69) is 9.97 Å². The van der Waals surface area contributed by atoms with E-state index in [1.54, 1.807) is 26.8 Å². The second-order valence-electron chi connectivity index (χ2n) is 6.92. The fourth-order valence-corrected chi connectivity index (χ4v) is 3.25. The van der Waals surface area contributed by atoms with Gasteiger partial charge in [0.05, 0.1) is 24.3 Å². The number of hydrogen-bond acceptors (Lipinski definition) is 7. The first kappa shape index (κ1) is 21.3. The number of esters is 2. The van der Waals surface area contributed by atoms with Gasteiger partial charge in [-0.3, -0.25) is 9.59 Å². The lowest BCUT2D eigenvalue weighted by atomic mass is 10.1. The molecule has 1 N–H and O–H groups in total. The molecule has 0 spiro atoms. The van der Waals surface area contributed by atoms with E-state index in [1.165, 1.54) is 6.92 Å². The summed E-state index contributed by atoms with van der Waals surface area (Å²) in [4.78, 5) is 44.3. The molecule has 0 radical (unpaired) electrons. The molecule has 1 aromatic carbocycles. The summed E-state index contributed by atoms with van der Waals surface area (Å²) < 4.78 is 15.9. The molecule has 0 aliphatic rings. The minimum Gasteiger partial charge on any atom is -0.462 e. The van der Waals surface area contributed by atoms with Crippen LogP contribution >= 0.6 is 0 Å². The Morgan fingerprint density at radius 1 is 1.20 bits per heavy atom. The van der Waals surface area contributed by atoms with Crippen molar-refractivity contribution in [3.05, 3.63) is 52.7 Å². The van der Waals surface area contributed by atoms with Crippen LogP contribution < -0.4 is 0 Å². The van der Waals surface area contributed by atoms with E-state index in [0.29, 0.717) is 28.3 Å². The van der Waals surface area contributed by atoms with Gasteiger partial charge >= 0.3 is 11.9 Å². The van der Waals surface area contributed by atoms with Gasteiger partial charge in [0, 0.05) is 12.1 Å². The van der Waals surface area contributed by atoms with Crippen molar-refractivity contribution >= 4 is 28.8 Å². The molecule has 0 fully saturated rings. The minimum absolute atomic E-state index is 0.0290. The highest BCUT2D eigenvalue weighted by Crippen LogP contribution is 2.21. The predicted molar refractivity (Wildman–Crippen MR) is 108 cm³/mol. The van der Waals surface area contributed by atoms with Gasteiger partial charge in [0.15, 0.2) is 17.6 Å². The van der Waals surface area contributed by atoms with Crippen LogP contribution in [0.15, 0.2) is 28.7 Å². The maximum absolute atomic E-state index is 12.7. The summed E-state index contributed by atoms with van der Waals surface area (Å²) in [6.07, 6.45) is -0.712. The number of rotatable bonds is 8. The second-order valence-corrected chi connectivity index (χ2v) is 6.92. The molecule has 0 bridgehead atoms. The lowest BCUT2D eigenvalue weighted by Gasteiger charge is -2.12. The number of fused-ring (bicyclic) bond motifs is 1. The zero-order valence-corrected chi connectivity index (χ0v) is 17.4. The first-order chi connectivity index (χ1) is 14.3. The Labute approximate surface area is 173 Å². The molecular formula is C22H24N2O6. The van der Waals surface area contributed by atoms with Gasteiger partial charge in [0.25, 0.3) is 0 Å². The molecule has 0 saturated carbocycles. The normalized spacial score (nSPS) is 12.0. The quantitative estimate of drug-likeness (QED) is 0.443. The third-order valence-corrected chi connectivity index (χ3v) is 4.72. The molecule has 0 aliphatic heterocycles. The van der Waals surface area contributed by atoms with Crippen molar-refractivity contribution in [2.24, 2.45) is 0 Å². The fraction of sp³-hybridized carbons (Fsp3) is 0.364. The van der Waals surface area contributed by atoms with Gasteiger partial charge in [0.2, 0.25) is 5.78 Å². The van der Waals surface area contributed by atoms with E-state index in [4.69, 9.17) is 13.9 Å². The van der Waals surface area contributed by atoms with Crippen molar-refractivity contribution in [3.8, 4) is 0 Å². The van der Waals surface area contributed by atoms with Crippen LogP contribution in [0.25, 0.3) is 11.1 Å². The average Bonchev–Trinajstić information content (AvgIpc) is 3.25. The number of nitrogens with zero attached hydrogens (tertiary/aromatic N) is 1.